The number of hydrogen-bond donors (Lipinski definition) is 0. The van der Waals surface area contributed by atoms with E-state index in [-0.39, 0.29) is 0 Å². The van der Waals surface area contributed by atoms with Crippen molar-refractivity contribution in [1.29, 1.82) is 0 Å². The first-order chi connectivity index (χ1) is 4.33. The molecule has 0 N–H and O–H groups in total. The predicted molar refractivity (Wildman–Crippen MR) is 38.9 cm³/mol. The Labute approximate surface area is 61.3 Å². The van der Waals surface area contributed by atoms with Gasteiger partial charge >= 0.3 is 0 Å². The molecule has 0 aromatic carbocycles. The monoisotopic (exact) mass is 148 g/mol. The highest BCUT2D eigenvalue weighted by atomic mass is 35.5. The minimum Gasteiger partial charge on any atom is -0.373 e. The van der Waals surface area contributed by atoms with Crippen LogP contribution in [-0.4, -0.2) is 18.6 Å². The van der Waals surface area contributed by atoms with Crippen molar-refractivity contribution in [2.75, 3.05) is 12.5 Å². The fourth-order valence-electron chi connectivity index (χ4n) is 0.782. The Morgan fingerprint density at radius 2 is 2.44 bits per heavy atom. The Bertz CT molecular complexity index is 81.0. The van der Waals surface area contributed by atoms with Gasteiger partial charge in [-0.25, -0.2) is 0 Å². The van der Waals surface area contributed by atoms with Crippen molar-refractivity contribution in [2.45, 2.75) is 25.9 Å². The number of rotatable bonds is 4. The Morgan fingerprint density at radius 3 is 2.89 bits per heavy atom. The summed E-state index contributed by atoms with van der Waals surface area (Å²) in [6.45, 7) is 3.16. The Morgan fingerprint density at radius 1 is 1.78 bits per heavy atom. The molecule has 0 saturated carbocycles. The van der Waals surface area contributed by atoms with Crippen LogP contribution >= 0.6 is 11.6 Å². The second-order valence-electron chi connectivity index (χ2n) is 2.79. The number of halogens is 1. The SMILES string of the molecule is CC(CCl)CCC1CO1. The van der Waals surface area contributed by atoms with Crippen LogP contribution < -0.4 is 0 Å². The highest BCUT2D eigenvalue weighted by Gasteiger charge is 2.22. The van der Waals surface area contributed by atoms with Gasteiger partial charge in [-0.05, 0) is 18.8 Å². The fourth-order valence-corrected chi connectivity index (χ4v) is 0.937. The smallest absolute Gasteiger partial charge is 0.0810 e. The third-order valence-electron chi connectivity index (χ3n) is 1.65. The molecule has 2 heteroatoms. The average molecular weight is 149 g/mol. The topological polar surface area (TPSA) is 12.5 Å². The summed E-state index contributed by atoms with van der Waals surface area (Å²) < 4.78 is 5.06. The van der Waals surface area contributed by atoms with Crippen molar-refractivity contribution in [2.24, 2.45) is 5.92 Å². The molecule has 54 valence electrons. The molecular weight excluding hydrogens is 136 g/mol. The first kappa shape index (κ1) is 7.36. The molecule has 9 heavy (non-hydrogen) atoms. The molecule has 0 amide bonds. The molecular formula is C7H13ClO. The molecule has 1 rings (SSSR count). The maximum atomic E-state index is 5.62. The zero-order valence-corrected chi connectivity index (χ0v) is 6.53. The van der Waals surface area contributed by atoms with Gasteiger partial charge in [0.15, 0.2) is 0 Å². The zero-order chi connectivity index (χ0) is 6.69. The van der Waals surface area contributed by atoms with Gasteiger partial charge in [-0.2, -0.15) is 0 Å². The van der Waals surface area contributed by atoms with Crippen LogP contribution in [0.5, 0.6) is 0 Å². The van der Waals surface area contributed by atoms with Crippen molar-refractivity contribution >= 4 is 11.6 Å². The standard InChI is InChI=1S/C7H13ClO/c1-6(4-8)2-3-7-5-9-7/h6-7H,2-5H2,1H3. The van der Waals surface area contributed by atoms with Crippen LogP contribution in [-0.2, 0) is 4.74 Å². The highest BCUT2D eigenvalue weighted by molar-refractivity contribution is 6.18. The van der Waals surface area contributed by atoms with E-state index in [1.807, 2.05) is 0 Å². The van der Waals surface area contributed by atoms with E-state index < -0.39 is 0 Å². The quantitative estimate of drug-likeness (QED) is 0.439. The van der Waals surface area contributed by atoms with Gasteiger partial charge in [-0.3, -0.25) is 0 Å². The lowest BCUT2D eigenvalue weighted by Gasteiger charge is -2.03. The van der Waals surface area contributed by atoms with Crippen molar-refractivity contribution in [1.82, 2.24) is 0 Å². The zero-order valence-electron chi connectivity index (χ0n) is 5.77. The van der Waals surface area contributed by atoms with E-state index in [1.165, 1.54) is 12.8 Å². The summed E-state index contributed by atoms with van der Waals surface area (Å²) in [7, 11) is 0. The summed E-state index contributed by atoms with van der Waals surface area (Å²) in [6, 6.07) is 0. The minimum absolute atomic E-state index is 0.579. The van der Waals surface area contributed by atoms with Gasteiger partial charge in [0.25, 0.3) is 0 Å². The molecule has 0 aromatic heterocycles. The Balaban J connectivity index is 1.90. The summed E-state index contributed by atoms with van der Waals surface area (Å²) >= 11 is 5.62. The van der Waals surface area contributed by atoms with E-state index in [9.17, 15) is 0 Å². The van der Waals surface area contributed by atoms with Crippen LogP contribution in [0.1, 0.15) is 19.8 Å². The number of hydrogen-bond acceptors (Lipinski definition) is 1. The molecule has 0 spiro atoms. The van der Waals surface area contributed by atoms with Crippen molar-refractivity contribution in [3.8, 4) is 0 Å². The van der Waals surface area contributed by atoms with Crippen LogP contribution in [0.4, 0.5) is 0 Å². The van der Waals surface area contributed by atoms with E-state index in [1.54, 1.807) is 0 Å². The van der Waals surface area contributed by atoms with Crippen LogP contribution in [0.15, 0.2) is 0 Å². The first-order valence-electron chi connectivity index (χ1n) is 3.50. The van der Waals surface area contributed by atoms with Crippen molar-refractivity contribution in [3.05, 3.63) is 0 Å². The van der Waals surface area contributed by atoms with Gasteiger partial charge in [0.2, 0.25) is 0 Å². The average Bonchev–Trinajstić information content (AvgIpc) is 2.65. The summed E-state index contributed by atoms with van der Waals surface area (Å²) in [5.41, 5.74) is 0. The molecule has 1 aliphatic rings. The van der Waals surface area contributed by atoms with E-state index in [4.69, 9.17) is 16.3 Å². The molecule has 1 nitrogen and oxygen atoms in total. The Hall–Kier alpha value is 0.250. The third kappa shape index (κ3) is 3.07. The van der Waals surface area contributed by atoms with Gasteiger partial charge in [0, 0.05) is 5.88 Å². The lowest BCUT2D eigenvalue weighted by Crippen LogP contribution is -1.97. The summed E-state index contributed by atoms with van der Waals surface area (Å²) in [5, 5.41) is 0. The fraction of sp³-hybridized carbons (Fsp3) is 1.00. The maximum absolute atomic E-state index is 5.62. The minimum atomic E-state index is 0.579. The molecule has 1 fully saturated rings. The van der Waals surface area contributed by atoms with Crippen molar-refractivity contribution < 1.29 is 4.74 Å². The van der Waals surface area contributed by atoms with Crippen LogP contribution in [0.2, 0.25) is 0 Å². The maximum Gasteiger partial charge on any atom is 0.0810 e. The van der Waals surface area contributed by atoms with Crippen LogP contribution in [0.3, 0.4) is 0 Å². The molecule has 0 aliphatic carbocycles. The van der Waals surface area contributed by atoms with Gasteiger partial charge in [0.05, 0.1) is 12.7 Å². The lowest BCUT2D eigenvalue weighted by molar-refractivity contribution is 0.379. The summed E-state index contributed by atoms with van der Waals surface area (Å²) in [4.78, 5) is 0. The molecule has 0 radical (unpaired) electrons. The van der Waals surface area contributed by atoms with E-state index >= 15 is 0 Å². The molecule has 0 aromatic rings. The van der Waals surface area contributed by atoms with Crippen molar-refractivity contribution in [3.63, 3.8) is 0 Å². The number of alkyl halides is 1. The highest BCUT2D eigenvalue weighted by Crippen LogP contribution is 2.19. The first-order valence-corrected chi connectivity index (χ1v) is 4.04. The summed E-state index contributed by atoms with van der Waals surface area (Å²) in [6.07, 6.45) is 3.00. The normalized spacial score (nSPS) is 28.0. The van der Waals surface area contributed by atoms with Gasteiger partial charge in [0.1, 0.15) is 0 Å². The molecule has 1 heterocycles. The van der Waals surface area contributed by atoms with Gasteiger partial charge < -0.3 is 4.74 Å². The van der Waals surface area contributed by atoms with Gasteiger partial charge in [-0.1, -0.05) is 6.92 Å². The van der Waals surface area contributed by atoms with E-state index in [0.29, 0.717) is 12.0 Å². The molecule has 2 atom stereocenters. The number of ether oxygens (including phenoxy) is 1. The van der Waals surface area contributed by atoms with Gasteiger partial charge in [-0.15, -0.1) is 11.6 Å². The molecule has 0 bridgehead atoms. The van der Waals surface area contributed by atoms with Crippen LogP contribution in [0.25, 0.3) is 0 Å². The second-order valence-corrected chi connectivity index (χ2v) is 3.10. The van der Waals surface area contributed by atoms with Crippen LogP contribution in [0, 0.1) is 5.92 Å². The lowest BCUT2D eigenvalue weighted by atomic mass is 10.1. The molecule has 1 saturated heterocycles. The van der Waals surface area contributed by atoms with E-state index in [2.05, 4.69) is 6.92 Å². The molecule has 2 unspecified atom stereocenters. The molecule has 1 aliphatic heterocycles. The second kappa shape index (κ2) is 3.43. The Kier molecular flexibility index (Phi) is 2.80. The third-order valence-corrected chi connectivity index (χ3v) is 2.17. The largest absolute Gasteiger partial charge is 0.373 e. The predicted octanol–water partition coefficient (Wildman–Crippen LogP) is 2.04. The number of epoxide rings is 1. The van der Waals surface area contributed by atoms with E-state index in [0.717, 1.165) is 12.5 Å². The summed E-state index contributed by atoms with van der Waals surface area (Å²) in [5.74, 6) is 1.45.